The van der Waals surface area contributed by atoms with E-state index in [1.807, 2.05) is 0 Å². The van der Waals surface area contributed by atoms with Crippen molar-refractivity contribution in [3.63, 3.8) is 0 Å². The summed E-state index contributed by atoms with van der Waals surface area (Å²) >= 11 is 6.06. The Kier molecular flexibility index (Phi) is 5.09. The Morgan fingerprint density at radius 3 is 2.62 bits per heavy atom. The molecule has 0 bridgehead atoms. The number of aromatic nitrogens is 2. The first kappa shape index (κ1) is 18.9. The predicted octanol–water partition coefficient (Wildman–Crippen LogP) is 2.18. The Morgan fingerprint density at radius 1 is 1.31 bits per heavy atom. The van der Waals surface area contributed by atoms with Crippen molar-refractivity contribution in [1.29, 1.82) is 0 Å². The third-order valence-corrected chi connectivity index (χ3v) is 5.91. The molecule has 26 heavy (non-hydrogen) atoms. The molecule has 0 radical (unpaired) electrons. The summed E-state index contributed by atoms with van der Waals surface area (Å²) in [7, 11) is -3.49. The molecule has 1 amide bonds. The molecular weight excluding hydrogens is 378 g/mol. The number of hydrogen-bond acceptors (Lipinski definition) is 5. The molecule has 0 saturated heterocycles. The second kappa shape index (κ2) is 7.02. The quantitative estimate of drug-likeness (QED) is 0.820. The van der Waals surface area contributed by atoms with E-state index in [9.17, 15) is 18.3 Å². The summed E-state index contributed by atoms with van der Waals surface area (Å²) in [6.07, 6.45) is 5.35. The largest absolute Gasteiger partial charge is 0.391 e. The number of amides is 1. The number of halogens is 1. The highest BCUT2D eigenvalue weighted by molar-refractivity contribution is 7.90. The molecule has 1 heterocycles. The molecule has 1 aliphatic carbocycles. The first-order valence-corrected chi connectivity index (χ1v) is 10.5. The molecule has 1 aromatic carbocycles. The number of rotatable bonds is 4. The normalized spacial score (nSPS) is 20.9. The summed E-state index contributed by atoms with van der Waals surface area (Å²) in [5.74, 6) is -0.683. The van der Waals surface area contributed by atoms with E-state index in [1.165, 1.54) is 24.4 Å². The Morgan fingerprint density at radius 2 is 2.00 bits per heavy atom. The molecule has 1 aromatic heterocycles. The van der Waals surface area contributed by atoms with E-state index < -0.39 is 21.8 Å². The van der Waals surface area contributed by atoms with Crippen LogP contribution in [0.15, 0.2) is 29.3 Å². The Hall–Kier alpha value is -1.90. The van der Waals surface area contributed by atoms with Gasteiger partial charge in [0.2, 0.25) is 0 Å². The number of aliphatic hydroxyl groups is 1. The van der Waals surface area contributed by atoms with Gasteiger partial charge in [0.25, 0.3) is 5.91 Å². The lowest BCUT2D eigenvalue weighted by atomic mass is 9.93. The number of benzene rings is 1. The van der Waals surface area contributed by atoms with Crippen LogP contribution in [0.3, 0.4) is 0 Å². The average Bonchev–Trinajstić information content (AvgIpc) is 2.99. The van der Waals surface area contributed by atoms with Gasteiger partial charge in [-0.05, 0) is 31.0 Å². The number of nitrogens with zero attached hydrogens (tertiary/aromatic N) is 2. The molecule has 1 saturated carbocycles. The van der Waals surface area contributed by atoms with Crippen LogP contribution >= 0.6 is 11.6 Å². The molecule has 1 aliphatic rings. The number of sulfone groups is 1. The summed E-state index contributed by atoms with van der Waals surface area (Å²) in [6.45, 7) is 0. The van der Waals surface area contributed by atoms with E-state index in [0.29, 0.717) is 12.0 Å². The Balaban J connectivity index is 2.13. The number of hydrogen-bond donors (Lipinski definition) is 2. The molecule has 3 rings (SSSR count). The van der Waals surface area contributed by atoms with Crippen molar-refractivity contribution in [2.45, 2.75) is 42.7 Å². The summed E-state index contributed by atoms with van der Waals surface area (Å²) in [6, 6.07) is 4.04. The first-order valence-electron chi connectivity index (χ1n) is 8.25. The van der Waals surface area contributed by atoms with Crippen molar-refractivity contribution in [2.24, 2.45) is 5.73 Å². The molecule has 7 nitrogen and oxygen atoms in total. The minimum absolute atomic E-state index is 0.0303. The fourth-order valence-corrected chi connectivity index (χ4v) is 4.25. The van der Waals surface area contributed by atoms with E-state index in [2.05, 4.69) is 5.10 Å². The minimum Gasteiger partial charge on any atom is -0.391 e. The van der Waals surface area contributed by atoms with Crippen LogP contribution in [0.5, 0.6) is 0 Å². The molecule has 1 fully saturated rings. The van der Waals surface area contributed by atoms with E-state index in [1.54, 1.807) is 4.68 Å². The van der Waals surface area contributed by atoms with Crippen LogP contribution in [0.2, 0.25) is 5.02 Å². The van der Waals surface area contributed by atoms with Crippen LogP contribution in [0.1, 0.15) is 42.1 Å². The third kappa shape index (κ3) is 3.77. The molecule has 2 atom stereocenters. The van der Waals surface area contributed by atoms with Crippen molar-refractivity contribution >= 4 is 27.3 Å². The van der Waals surface area contributed by atoms with Gasteiger partial charge in [-0.25, -0.2) is 8.42 Å². The van der Waals surface area contributed by atoms with Crippen molar-refractivity contribution in [3.05, 3.63) is 35.0 Å². The highest BCUT2D eigenvalue weighted by Crippen LogP contribution is 2.32. The maximum absolute atomic E-state index is 11.9. The van der Waals surface area contributed by atoms with E-state index >= 15 is 0 Å². The SMILES string of the molecule is CS(=O)(=O)c1cc(Cl)cc(-c2nn([C@@H]3CCCC[C@H]3O)cc2C(N)=O)c1. The molecular formula is C17H20ClN3O4S. The van der Waals surface area contributed by atoms with E-state index in [0.717, 1.165) is 25.5 Å². The summed E-state index contributed by atoms with van der Waals surface area (Å²) in [4.78, 5) is 11.9. The third-order valence-electron chi connectivity index (χ3n) is 4.60. The van der Waals surface area contributed by atoms with Gasteiger partial charge in [-0.15, -0.1) is 0 Å². The van der Waals surface area contributed by atoms with Crippen LogP contribution in [-0.4, -0.2) is 41.6 Å². The number of carbonyl (C=O) groups is 1. The van der Waals surface area contributed by atoms with Crippen molar-refractivity contribution < 1.29 is 18.3 Å². The second-order valence-electron chi connectivity index (χ2n) is 6.60. The lowest BCUT2D eigenvalue weighted by Gasteiger charge is -2.27. The lowest BCUT2D eigenvalue weighted by molar-refractivity contribution is 0.0694. The van der Waals surface area contributed by atoms with Gasteiger partial charge in [-0.2, -0.15) is 5.10 Å². The summed E-state index contributed by atoms with van der Waals surface area (Å²) in [5.41, 5.74) is 6.28. The smallest absolute Gasteiger partial charge is 0.252 e. The van der Waals surface area contributed by atoms with Crippen LogP contribution < -0.4 is 5.73 Å². The maximum atomic E-state index is 11.9. The average molecular weight is 398 g/mol. The molecule has 0 aliphatic heterocycles. The lowest BCUT2D eigenvalue weighted by Crippen LogP contribution is -2.28. The standard InChI is InChI=1S/C17H20ClN3O4S/c1-26(24,25)12-7-10(6-11(18)8-12)16-13(17(19)23)9-21(20-16)14-4-2-3-5-15(14)22/h6-9,14-15,22H,2-5H2,1H3,(H2,19,23)/t14-,15-/m1/s1. The fourth-order valence-electron chi connectivity index (χ4n) is 3.27. The molecule has 140 valence electrons. The van der Waals surface area contributed by atoms with Gasteiger partial charge < -0.3 is 10.8 Å². The Labute approximate surface area is 156 Å². The van der Waals surface area contributed by atoms with E-state index in [4.69, 9.17) is 17.3 Å². The van der Waals surface area contributed by atoms with Crippen molar-refractivity contribution in [2.75, 3.05) is 6.26 Å². The number of aliphatic hydroxyl groups excluding tert-OH is 1. The molecule has 9 heteroatoms. The van der Waals surface area contributed by atoms with Gasteiger partial charge in [0.1, 0.15) is 5.69 Å². The summed E-state index contributed by atoms with van der Waals surface area (Å²) in [5, 5.41) is 14.9. The predicted molar refractivity (Wildman–Crippen MR) is 97.8 cm³/mol. The van der Waals surface area contributed by atoms with Gasteiger partial charge in [0.05, 0.1) is 22.6 Å². The monoisotopic (exact) mass is 397 g/mol. The number of primary amides is 1. The molecule has 2 aromatic rings. The van der Waals surface area contributed by atoms with E-state index in [-0.39, 0.29) is 27.2 Å². The van der Waals surface area contributed by atoms with Crippen LogP contribution in [-0.2, 0) is 9.84 Å². The first-order chi connectivity index (χ1) is 12.2. The van der Waals surface area contributed by atoms with Gasteiger partial charge in [-0.3, -0.25) is 9.48 Å². The maximum Gasteiger partial charge on any atom is 0.252 e. The number of nitrogens with two attached hydrogens (primary N) is 1. The van der Waals surface area contributed by atoms with Crippen molar-refractivity contribution in [3.8, 4) is 11.3 Å². The van der Waals surface area contributed by atoms with Crippen LogP contribution in [0, 0.1) is 0 Å². The molecule has 0 unspecified atom stereocenters. The fraction of sp³-hybridized carbons (Fsp3) is 0.412. The van der Waals surface area contributed by atoms with Gasteiger partial charge in [0.15, 0.2) is 9.84 Å². The summed E-state index contributed by atoms with van der Waals surface area (Å²) < 4.78 is 25.3. The minimum atomic E-state index is -3.49. The topological polar surface area (TPSA) is 115 Å². The number of carbonyl (C=O) groups excluding carboxylic acids is 1. The van der Waals surface area contributed by atoms with Gasteiger partial charge in [0, 0.05) is 23.0 Å². The highest BCUT2D eigenvalue weighted by Gasteiger charge is 2.28. The van der Waals surface area contributed by atoms with Crippen LogP contribution in [0.25, 0.3) is 11.3 Å². The molecule has 3 N–H and O–H groups in total. The van der Waals surface area contributed by atoms with Gasteiger partial charge >= 0.3 is 0 Å². The zero-order valence-electron chi connectivity index (χ0n) is 14.2. The van der Waals surface area contributed by atoms with Crippen molar-refractivity contribution in [1.82, 2.24) is 9.78 Å². The molecule has 0 spiro atoms. The van der Waals surface area contributed by atoms with Gasteiger partial charge in [-0.1, -0.05) is 24.4 Å². The van der Waals surface area contributed by atoms with Crippen LogP contribution in [0.4, 0.5) is 0 Å². The highest BCUT2D eigenvalue weighted by atomic mass is 35.5. The zero-order valence-corrected chi connectivity index (χ0v) is 15.8. The zero-order chi connectivity index (χ0) is 19.1. The Bertz CT molecular complexity index is 955. The second-order valence-corrected chi connectivity index (χ2v) is 9.05.